The highest BCUT2D eigenvalue weighted by Gasteiger charge is 2.23. The van der Waals surface area contributed by atoms with E-state index in [-0.39, 0.29) is 6.10 Å². The lowest BCUT2D eigenvalue weighted by molar-refractivity contribution is -0.0353. The van der Waals surface area contributed by atoms with Crippen molar-refractivity contribution >= 4 is 22.5 Å². The van der Waals surface area contributed by atoms with Crippen LogP contribution in [0.5, 0.6) is 5.75 Å². The second-order valence-electron chi connectivity index (χ2n) is 7.60. The largest absolute Gasteiger partial charge is 0.494 e. The van der Waals surface area contributed by atoms with Gasteiger partial charge < -0.3 is 14.8 Å². The molecule has 1 aliphatic rings. The predicted octanol–water partition coefficient (Wildman–Crippen LogP) is 3.75. The molecule has 5 rings (SSSR count). The van der Waals surface area contributed by atoms with E-state index in [0.29, 0.717) is 12.6 Å². The Kier molecular flexibility index (Phi) is 5.87. The number of morpholine rings is 1. The van der Waals surface area contributed by atoms with Crippen molar-refractivity contribution in [1.29, 1.82) is 0 Å². The molecule has 1 aromatic carbocycles. The Hall–Kier alpha value is -3.62. The minimum absolute atomic E-state index is 0.0826. The minimum atomic E-state index is -0.0826. The summed E-state index contributed by atoms with van der Waals surface area (Å²) in [5.41, 5.74) is 3.65. The number of methoxy groups -OCH3 is 1. The van der Waals surface area contributed by atoms with Gasteiger partial charge in [0, 0.05) is 37.4 Å². The highest BCUT2D eigenvalue weighted by atomic mass is 16.5. The Morgan fingerprint density at radius 3 is 2.78 bits per heavy atom. The summed E-state index contributed by atoms with van der Waals surface area (Å²) in [6.45, 7) is 3.01. The monoisotopic (exact) mass is 428 g/mol. The van der Waals surface area contributed by atoms with Gasteiger partial charge in [-0.1, -0.05) is 18.2 Å². The molecule has 1 N–H and O–H groups in total. The molecule has 32 heavy (non-hydrogen) atoms. The number of aromatic nitrogens is 4. The number of fused-ring (bicyclic) bond motifs is 1. The molecule has 1 unspecified atom stereocenters. The van der Waals surface area contributed by atoms with Crippen molar-refractivity contribution in [2.45, 2.75) is 12.6 Å². The molecule has 4 heterocycles. The molecule has 162 valence electrons. The number of para-hydroxylation sites is 1. The molecule has 1 atom stereocenters. The summed E-state index contributed by atoms with van der Waals surface area (Å²) in [4.78, 5) is 20.1. The van der Waals surface area contributed by atoms with Crippen LogP contribution in [0.3, 0.4) is 0 Å². The van der Waals surface area contributed by atoms with E-state index in [0.717, 1.165) is 53.4 Å². The van der Waals surface area contributed by atoms with Gasteiger partial charge in [0.1, 0.15) is 17.4 Å². The third-order valence-corrected chi connectivity index (χ3v) is 5.44. The second kappa shape index (κ2) is 9.25. The summed E-state index contributed by atoms with van der Waals surface area (Å²) in [7, 11) is 1.68. The van der Waals surface area contributed by atoms with E-state index in [1.807, 2.05) is 30.3 Å². The standard InChI is InChI=1S/C24H24N6O2/c1-31-21-5-2-4-17-6-7-19(28-23(17)21)15-30-12-13-32-22(16-30)20-9-8-18(14-27-20)29-24-25-10-3-11-26-24/h2-11,14,22H,12-13,15-16H2,1H3,(H,25,26,29). The van der Waals surface area contributed by atoms with Crippen molar-refractivity contribution < 1.29 is 9.47 Å². The van der Waals surface area contributed by atoms with E-state index in [1.165, 1.54) is 0 Å². The van der Waals surface area contributed by atoms with Crippen LogP contribution in [0.15, 0.2) is 67.1 Å². The Balaban J connectivity index is 1.26. The molecule has 0 amide bonds. The van der Waals surface area contributed by atoms with Crippen LogP contribution in [0.1, 0.15) is 17.5 Å². The van der Waals surface area contributed by atoms with Crippen LogP contribution in [0.4, 0.5) is 11.6 Å². The summed E-state index contributed by atoms with van der Waals surface area (Å²) in [6.07, 6.45) is 5.09. The van der Waals surface area contributed by atoms with Gasteiger partial charge in [0.25, 0.3) is 0 Å². The van der Waals surface area contributed by atoms with Gasteiger partial charge in [-0.15, -0.1) is 0 Å². The molecule has 0 aliphatic carbocycles. The summed E-state index contributed by atoms with van der Waals surface area (Å²) >= 11 is 0. The number of anilines is 2. The van der Waals surface area contributed by atoms with Crippen LogP contribution in [-0.2, 0) is 11.3 Å². The van der Waals surface area contributed by atoms with E-state index in [1.54, 1.807) is 31.8 Å². The second-order valence-corrected chi connectivity index (χ2v) is 7.60. The zero-order valence-corrected chi connectivity index (χ0v) is 17.8. The molecular formula is C24H24N6O2. The van der Waals surface area contributed by atoms with Crippen LogP contribution >= 0.6 is 0 Å². The fourth-order valence-electron chi connectivity index (χ4n) is 3.83. The zero-order valence-electron chi connectivity index (χ0n) is 17.8. The molecule has 1 fully saturated rings. The Morgan fingerprint density at radius 1 is 1.06 bits per heavy atom. The Bertz CT molecular complexity index is 1190. The topological polar surface area (TPSA) is 85.3 Å². The first-order valence-corrected chi connectivity index (χ1v) is 10.5. The maximum absolute atomic E-state index is 6.01. The van der Waals surface area contributed by atoms with Crippen LogP contribution in [0.25, 0.3) is 10.9 Å². The number of ether oxygens (including phenoxy) is 2. The Labute approximate surface area is 186 Å². The maximum atomic E-state index is 6.01. The number of pyridine rings is 2. The average Bonchev–Trinajstić information content (AvgIpc) is 2.85. The molecule has 0 spiro atoms. The van der Waals surface area contributed by atoms with Crippen LogP contribution in [0, 0.1) is 0 Å². The molecule has 8 heteroatoms. The molecule has 0 bridgehead atoms. The summed E-state index contributed by atoms with van der Waals surface area (Å²) in [5.74, 6) is 1.34. The van der Waals surface area contributed by atoms with Crippen LogP contribution in [-0.4, -0.2) is 51.6 Å². The molecule has 0 saturated carbocycles. The van der Waals surface area contributed by atoms with Gasteiger partial charge in [-0.25, -0.2) is 15.0 Å². The number of rotatable bonds is 6. The summed E-state index contributed by atoms with van der Waals surface area (Å²) in [5, 5.41) is 4.22. The fraction of sp³-hybridized carbons (Fsp3) is 0.250. The SMILES string of the molecule is COc1cccc2ccc(CN3CCOC(c4ccc(Nc5ncccn5)cn4)C3)nc12. The minimum Gasteiger partial charge on any atom is -0.494 e. The summed E-state index contributed by atoms with van der Waals surface area (Å²) in [6, 6.07) is 15.9. The smallest absolute Gasteiger partial charge is 0.227 e. The van der Waals surface area contributed by atoms with E-state index in [2.05, 4.69) is 37.3 Å². The quantitative estimate of drug-likeness (QED) is 0.497. The molecular weight excluding hydrogens is 404 g/mol. The first-order chi connectivity index (χ1) is 15.8. The molecule has 4 aromatic rings. The summed E-state index contributed by atoms with van der Waals surface area (Å²) < 4.78 is 11.5. The van der Waals surface area contributed by atoms with Crippen molar-refractivity contribution in [3.05, 3.63) is 78.5 Å². The lowest BCUT2D eigenvalue weighted by Crippen LogP contribution is -2.38. The molecule has 1 aliphatic heterocycles. The van der Waals surface area contributed by atoms with Gasteiger partial charge in [-0.2, -0.15) is 0 Å². The first kappa shape index (κ1) is 20.3. The van der Waals surface area contributed by atoms with Crippen LogP contribution in [0.2, 0.25) is 0 Å². The predicted molar refractivity (Wildman–Crippen MR) is 122 cm³/mol. The van der Waals surface area contributed by atoms with Gasteiger partial charge in [0.05, 0.1) is 37.0 Å². The fourth-order valence-corrected chi connectivity index (χ4v) is 3.83. The third kappa shape index (κ3) is 4.51. The molecule has 0 radical (unpaired) electrons. The molecule has 1 saturated heterocycles. The highest BCUT2D eigenvalue weighted by molar-refractivity contribution is 5.84. The number of hydrogen-bond donors (Lipinski definition) is 1. The van der Waals surface area contributed by atoms with Gasteiger partial charge in [0.2, 0.25) is 5.95 Å². The van der Waals surface area contributed by atoms with Gasteiger partial charge in [0.15, 0.2) is 0 Å². The Morgan fingerprint density at radius 2 is 1.97 bits per heavy atom. The van der Waals surface area contributed by atoms with Gasteiger partial charge >= 0.3 is 0 Å². The van der Waals surface area contributed by atoms with Crippen molar-refractivity contribution in [1.82, 2.24) is 24.8 Å². The van der Waals surface area contributed by atoms with E-state index in [9.17, 15) is 0 Å². The van der Waals surface area contributed by atoms with Crippen molar-refractivity contribution in [3.63, 3.8) is 0 Å². The normalized spacial score (nSPS) is 16.7. The lowest BCUT2D eigenvalue weighted by atomic mass is 10.1. The highest BCUT2D eigenvalue weighted by Crippen LogP contribution is 2.26. The van der Waals surface area contributed by atoms with Crippen molar-refractivity contribution in [2.75, 3.05) is 32.1 Å². The van der Waals surface area contributed by atoms with Crippen molar-refractivity contribution in [2.24, 2.45) is 0 Å². The average molecular weight is 428 g/mol. The van der Waals surface area contributed by atoms with Gasteiger partial charge in [-0.05, 0) is 30.3 Å². The van der Waals surface area contributed by atoms with E-state index in [4.69, 9.17) is 14.5 Å². The first-order valence-electron chi connectivity index (χ1n) is 10.5. The zero-order chi connectivity index (χ0) is 21.8. The van der Waals surface area contributed by atoms with E-state index >= 15 is 0 Å². The lowest BCUT2D eigenvalue weighted by Gasteiger charge is -2.32. The number of nitrogens with one attached hydrogen (secondary N) is 1. The number of hydrogen-bond acceptors (Lipinski definition) is 8. The number of nitrogens with zero attached hydrogens (tertiary/aromatic N) is 5. The van der Waals surface area contributed by atoms with E-state index < -0.39 is 0 Å². The molecule has 8 nitrogen and oxygen atoms in total. The third-order valence-electron chi connectivity index (χ3n) is 5.44. The maximum Gasteiger partial charge on any atom is 0.227 e. The van der Waals surface area contributed by atoms with Crippen molar-refractivity contribution in [3.8, 4) is 5.75 Å². The number of benzene rings is 1. The van der Waals surface area contributed by atoms with Gasteiger partial charge in [-0.3, -0.25) is 9.88 Å². The molecule has 3 aromatic heterocycles. The van der Waals surface area contributed by atoms with Crippen LogP contribution < -0.4 is 10.1 Å².